The number of alkyl carbamates (subject to hydrolysis) is 1. The normalized spacial score (nSPS) is 15.0. The molecule has 0 fully saturated rings. The molecular formula is C26H33NO5. The summed E-state index contributed by atoms with van der Waals surface area (Å²) in [5.41, 5.74) is 3.76. The van der Waals surface area contributed by atoms with Gasteiger partial charge < -0.3 is 19.5 Å². The fourth-order valence-electron chi connectivity index (χ4n) is 4.24. The summed E-state index contributed by atoms with van der Waals surface area (Å²) in [6.07, 6.45) is -0.725. The van der Waals surface area contributed by atoms with Gasteiger partial charge in [-0.2, -0.15) is 0 Å². The average molecular weight is 440 g/mol. The molecule has 0 aliphatic heterocycles. The van der Waals surface area contributed by atoms with Crippen LogP contribution in [0.15, 0.2) is 48.5 Å². The Morgan fingerprint density at radius 1 is 0.969 bits per heavy atom. The van der Waals surface area contributed by atoms with Gasteiger partial charge in [0.05, 0.1) is 19.8 Å². The van der Waals surface area contributed by atoms with Gasteiger partial charge in [0.15, 0.2) is 0 Å². The molecule has 6 heteroatoms. The minimum atomic E-state index is -0.954. The number of ether oxygens (including phenoxy) is 3. The number of nitrogens with one attached hydrogen (secondary N) is 1. The number of hydrogen-bond acceptors (Lipinski definition) is 5. The highest BCUT2D eigenvalue weighted by Crippen LogP contribution is 2.49. The van der Waals surface area contributed by atoms with Gasteiger partial charge in [-0.3, -0.25) is 0 Å². The van der Waals surface area contributed by atoms with Crippen LogP contribution in [0, 0.1) is 5.92 Å². The van der Waals surface area contributed by atoms with Crippen LogP contribution in [0.3, 0.4) is 0 Å². The third-order valence-electron chi connectivity index (χ3n) is 5.48. The van der Waals surface area contributed by atoms with E-state index in [-0.39, 0.29) is 18.6 Å². The summed E-state index contributed by atoms with van der Waals surface area (Å²) >= 11 is 0. The predicted molar refractivity (Wildman–Crippen MR) is 123 cm³/mol. The molecule has 3 rings (SSSR count). The first-order valence-corrected chi connectivity index (χ1v) is 11.0. The first-order chi connectivity index (χ1) is 15.1. The number of benzene rings is 2. The van der Waals surface area contributed by atoms with Crippen LogP contribution in [0.25, 0.3) is 11.1 Å². The van der Waals surface area contributed by atoms with Crippen LogP contribution in [-0.4, -0.2) is 43.5 Å². The van der Waals surface area contributed by atoms with Crippen molar-refractivity contribution in [3.63, 3.8) is 0 Å². The van der Waals surface area contributed by atoms with E-state index in [0.717, 1.165) is 22.3 Å². The van der Waals surface area contributed by atoms with Crippen molar-refractivity contribution in [1.82, 2.24) is 5.32 Å². The molecule has 1 aliphatic carbocycles. The van der Waals surface area contributed by atoms with E-state index in [1.165, 1.54) is 7.11 Å². The number of hydrogen-bond donors (Lipinski definition) is 1. The Morgan fingerprint density at radius 2 is 1.50 bits per heavy atom. The van der Waals surface area contributed by atoms with Gasteiger partial charge in [-0.05, 0) is 56.9 Å². The zero-order chi connectivity index (χ0) is 23.5. The van der Waals surface area contributed by atoms with Gasteiger partial charge >= 0.3 is 12.1 Å². The highest BCUT2D eigenvalue weighted by Gasteiger charge is 2.43. The minimum absolute atomic E-state index is 0.0400. The molecule has 1 amide bonds. The van der Waals surface area contributed by atoms with Crippen LogP contribution >= 0.6 is 0 Å². The summed E-state index contributed by atoms with van der Waals surface area (Å²) in [5, 5.41) is 2.74. The highest BCUT2D eigenvalue weighted by atomic mass is 16.6. The van der Waals surface area contributed by atoms with Gasteiger partial charge in [-0.1, -0.05) is 48.5 Å². The minimum Gasteiger partial charge on any atom is -0.458 e. The van der Waals surface area contributed by atoms with E-state index in [1.54, 1.807) is 20.8 Å². The molecule has 172 valence electrons. The molecule has 2 aromatic rings. The van der Waals surface area contributed by atoms with E-state index in [2.05, 4.69) is 29.6 Å². The van der Waals surface area contributed by atoms with Crippen LogP contribution in [0.5, 0.6) is 0 Å². The zero-order valence-electron chi connectivity index (χ0n) is 19.7. The fraction of sp³-hybridized carbons (Fsp3) is 0.462. The number of esters is 1. The van der Waals surface area contributed by atoms with Crippen molar-refractivity contribution in [2.24, 2.45) is 5.92 Å². The van der Waals surface area contributed by atoms with Crippen LogP contribution < -0.4 is 5.32 Å². The Balaban J connectivity index is 2.11. The Morgan fingerprint density at radius 3 is 1.97 bits per heavy atom. The van der Waals surface area contributed by atoms with Gasteiger partial charge in [0, 0.05) is 11.8 Å². The number of fused-ring (bicyclic) bond motifs is 3. The van der Waals surface area contributed by atoms with Crippen LogP contribution in [-0.2, 0) is 19.0 Å². The Bertz CT molecular complexity index is 917. The second-order valence-electron chi connectivity index (χ2n) is 9.35. The first-order valence-electron chi connectivity index (χ1n) is 11.0. The van der Waals surface area contributed by atoms with Crippen LogP contribution in [0.1, 0.15) is 51.7 Å². The molecule has 0 radical (unpaired) electrons. The second kappa shape index (κ2) is 9.74. The van der Waals surface area contributed by atoms with Crippen LogP contribution in [0.4, 0.5) is 4.79 Å². The van der Waals surface area contributed by atoms with E-state index in [1.807, 2.05) is 38.1 Å². The maximum Gasteiger partial charge on any atom is 0.407 e. The lowest BCUT2D eigenvalue weighted by Gasteiger charge is -2.34. The summed E-state index contributed by atoms with van der Waals surface area (Å²) in [5.74, 6) is -1.07. The van der Waals surface area contributed by atoms with Crippen molar-refractivity contribution in [2.45, 2.75) is 58.3 Å². The van der Waals surface area contributed by atoms with Crippen molar-refractivity contribution in [3.8, 4) is 11.1 Å². The predicted octanol–water partition coefficient (Wildman–Crippen LogP) is 4.91. The number of carbonyl (C=O) groups is 2. The van der Waals surface area contributed by atoms with Crippen molar-refractivity contribution in [1.29, 1.82) is 0 Å². The smallest absolute Gasteiger partial charge is 0.407 e. The highest BCUT2D eigenvalue weighted by molar-refractivity contribution is 5.84. The molecule has 2 atom stereocenters. The average Bonchev–Trinajstić information content (AvgIpc) is 3.06. The van der Waals surface area contributed by atoms with Gasteiger partial charge in [0.25, 0.3) is 0 Å². The van der Waals surface area contributed by atoms with Crippen molar-refractivity contribution in [3.05, 3.63) is 59.7 Å². The Labute approximate surface area is 190 Å². The lowest BCUT2D eigenvalue weighted by Crippen LogP contribution is -2.51. The van der Waals surface area contributed by atoms with E-state index < -0.39 is 29.6 Å². The van der Waals surface area contributed by atoms with Gasteiger partial charge in [0.1, 0.15) is 11.6 Å². The summed E-state index contributed by atoms with van der Waals surface area (Å²) in [6, 6.07) is 15.4. The third-order valence-corrected chi connectivity index (χ3v) is 5.48. The quantitative estimate of drug-likeness (QED) is 0.621. The number of amides is 1. The Kier molecular flexibility index (Phi) is 7.24. The third kappa shape index (κ3) is 5.30. The second-order valence-corrected chi connectivity index (χ2v) is 9.35. The summed E-state index contributed by atoms with van der Waals surface area (Å²) in [6.45, 7) is 9.58. The topological polar surface area (TPSA) is 73.9 Å². The summed E-state index contributed by atoms with van der Waals surface area (Å²) in [4.78, 5) is 25.6. The first kappa shape index (κ1) is 23.8. The monoisotopic (exact) mass is 439 g/mol. The molecule has 1 N–H and O–H groups in total. The van der Waals surface area contributed by atoms with Gasteiger partial charge in [-0.25, -0.2) is 9.59 Å². The molecule has 2 aromatic carbocycles. The summed E-state index contributed by atoms with van der Waals surface area (Å²) < 4.78 is 16.6. The standard InChI is InChI=1S/C26H33NO5/c1-16(2)31-15-21(23(27-25(29)30-6)24(28)32-26(3,4)5)22-19-13-9-7-11-17(19)18-12-8-10-14-20(18)22/h7-14,16,21-23H,15H2,1-6H3,(H,27,29). The van der Waals surface area contributed by atoms with Crippen molar-refractivity contribution < 1.29 is 23.8 Å². The molecule has 1 aliphatic rings. The molecule has 0 heterocycles. The van der Waals surface area contributed by atoms with E-state index in [0.29, 0.717) is 0 Å². The lowest BCUT2D eigenvalue weighted by atomic mass is 9.80. The van der Waals surface area contributed by atoms with E-state index in [9.17, 15) is 9.59 Å². The molecule has 0 saturated carbocycles. The maximum atomic E-state index is 13.3. The largest absolute Gasteiger partial charge is 0.458 e. The van der Waals surface area contributed by atoms with E-state index in [4.69, 9.17) is 14.2 Å². The van der Waals surface area contributed by atoms with E-state index >= 15 is 0 Å². The maximum absolute atomic E-state index is 13.3. The molecule has 0 aromatic heterocycles. The molecular weight excluding hydrogens is 406 g/mol. The number of carbonyl (C=O) groups excluding carboxylic acids is 2. The van der Waals surface area contributed by atoms with Crippen molar-refractivity contribution >= 4 is 12.1 Å². The lowest BCUT2D eigenvalue weighted by molar-refractivity contribution is -0.160. The molecule has 0 spiro atoms. The zero-order valence-corrected chi connectivity index (χ0v) is 19.7. The molecule has 6 nitrogen and oxygen atoms in total. The SMILES string of the molecule is COC(=O)NC(C(=O)OC(C)(C)C)C(COC(C)C)C1c2ccccc2-c2ccccc21. The van der Waals surface area contributed by atoms with Gasteiger partial charge in [0.2, 0.25) is 0 Å². The molecule has 32 heavy (non-hydrogen) atoms. The van der Waals surface area contributed by atoms with Crippen LogP contribution in [0.2, 0.25) is 0 Å². The summed E-state index contributed by atoms with van der Waals surface area (Å²) in [7, 11) is 1.28. The Hall–Kier alpha value is -2.86. The van der Waals surface area contributed by atoms with Gasteiger partial charge in [-0.15, -0.1) is 0 Å². The number of rotatable bonds is 7. The molecule has 0 saturated heterocycles. The molecule has 0 bridgehead atoms. The molecule has 2 unspecified atom stereocenters. The number of methoxy groups -OCH3 is 1. The van der Waals surface area contributed by atoms with Crippen molar-refractivity contribution in [2.75, 3.05) is 13.7 Å². The fourth-order valence-corrected chi connectivity index (χ4v) is 4.24.